The highest BCUT2D eigenvalue weighted by Crippen LogP contribution is 2.31. The van der Waals surface area contributed by atoms with Crippen LogP contribution in [0.3, 0.4) is 0 Å². The second-order valence-corrected chi connectivity index (χ2v) is 5.20. The van der Waals surface area contributed by atoms with Crippen LogP contribution in [0.5, 0.6) is 0 Å². The monoisotopic (exact) mass is 257 g/mol. The lowest BCUT2D eigenvalue weighted by molar-refractivity contribution is 0.148. The SMILES string of the molecule is Cc1c(C(O)C2CCc3ccccc3N2)cnn1C. The molecule has 4 nitrogen and oxygen atoms in total. The zero-order valence-electron chi connectivity index (χ0n) is 11.3. The molecule has 0 spiro atoms. The molecule has 2 heterocycles. The molecule has 0 bridgehead atoms. The van der Waals surface area contributed by atoms with Gasteiger partial charge in [-0.15, -0.1) is 0 Å². The van der Waals surface area contributed by atoms with Crippen LogP contribution < -0.4 is 5.32 Å². The molecule has 0 saturated carbocycles. The van der Waals surface area contributed by atoms with Crippen molar-refractivity contribution in [1.29, 1.82) is 0 Å². The van der Waals surface area contributed by atoms with E-state index >= 15 is 0 Å². The van der Waals surface area contributed by atoms with Crippen molar-refractivity contribution in [2.45, 2.75) is 31.9 Å². The lowest BCUT2D eigenvalue weighted by atomic mass is 9.92. The number of nitrogens with zero attached hydrogens (tertiary/aromatic N) is 2. The second-order valence-electron chi connectivity index (χ2n) is 5.20. The van der Waals surface area contributed by atoms with E-state index in [9.17, 15) is 5.11 Å². The largest absolute Gasteiger partial charge is 0.386 e. The van der Waals surface area contributed by atoms with Crippen LogP contribution in [-0.4, -0.2) is 20.9 Å². The number of anilines is 1. The van der Waals surface area contributed by atoms with Crippen molar-refractivity contribution in [1.82, 2.24) is 9.78 Å². The van der Waals surface area contributed by atoms with Gasteiger partial charge >= 0.3 is 0 Å². The Morgan fingerprint density at radius 1 is 1.42 bits per heavy atom. The maximum Gasteiger partial charge on any atom is 0.102 e. The number of benzene rings is 1. The number of fused-ring (bicyclic) bond motifs is 1. The minimum Gasteiger partial charge on any atom is -0.386 e. The number of para-hydroxylation sites is 1. The summed E-state index contributed by atoms with van der Waals surface area (Å²) in [4.78, 5) is 0. The summed E-state index contributed by atoms with van der Waals surface area (Å²) in [6.45, 7) is 1.99. The number of hydrogen-bond donors (Lipinski definition) is 2. The first-order valence-electron chi connectivity index (χ1n) is 6.68. The average molecular weight is 257 g/mol. The highest BCUT2D eigenvalue weighted by molar-refractivity contribution is 5.54. The molecule has 2 N–H and O–H groups in total. The standard InChI is InChI=1S/C15H19N3O/c1-10-12(9-16-18(10)2)15(19)14-8-7-11-5-3-4-6-13(11)17-14/h3-6,9,14-15,17,19H,7-8H2,1-2H3. The van der Waals surface area contributed by atoms with Crippen molar-refractivity contribution in [3.05, 3.63) is 47.3 Å². The summed E-state index contributed by atoms with van der Waals surface area (Å²) < 4.78 is 1.80. The fourth-order valence-electron chi connectivity index (χ4n) is 2.72. The molecule has 1 aromatic carbocycles. The quantitative estimate of drug-likeness (QED) is 0.867. The molecular weight excluding hydrogens is 238 g/mol. The summed E-state index contributed by atoms with van der Waals surface area (Å²) in [7, 11) is 1.90. The van der Waals surface area contributed by atoms with Gasteiger partial charge in [-0.1, -0.05) is 18.2 Å². The number of aliphatic hydroxyl groups excluding tert-OH is 1. The van der Waals surface area contributed by atoms with E-state index in [-0.39, 0.29) is 6.04 Å². The minimum atomic E-state index is -0.512. The van der Waals surface area contributed by atoms with Crippen molar-refractivity contribution in [2.24, 2.45) is 7.05 Å². The van der Waals surface area contributed by atoms with E-state index in [0.29, 0.717) is 0 Å². The number of hydrogen-bond acceptors (Lipinski definition) is 3. The number of aliphatic hydroxyl groups is 1. The average Bonchev–Trinajstić information content (AvgIpc) is 2.78. The number of aryl methyl sites for hydroxylation is 2. The summed E-state index contributed by atoms with van der Waals surface area (Å²) in [6.07, 6.45) is 3.20. The third-order valence-electron chi connectivity index (χ3n) is 4.06. The van der Waals surface area contributed by atoms with Gasteiger partial charge in [0.1, 0.15) is 6.10 Å². The van der Waals surface area contributed by atoms with Crippen LogP contribution >= 0.6 is 0 Å². The van der Waals surface area contributed by atoms with Crippen molar-refractivity contribution in [3.8, 4) is 0 Å². The highest BCUT2D eigenvalue weighted by Gasteiger charge is 2.27. The molecule has 19 heavy (non-hydrogen) atoms. The Balaban J connectivity index is 1.83. The Hall–Kier alpha value is -1.81. The van der Waals surface area contributed by atoms with Gasteiger partial charge in [0, 0.05) is 24.0 Å². The van der Waals surface area contributed by atoms with Gasteiger partial charge in [-0.25, -0.2) is 0 Å². The van der Waals surface area contributed by atoms with E-state index in [1.165, 1.54) is 5.56 Å². The summed E-state index contributed by atoms with van der Waals surface area (Å²) in [5, 5.41) is 18.2. The predicted molar refractivity (Wildman–Crippen MR) is 75.1 cm³/mol. The summed E-state index contributed by atoms with van der Waals surface area (Å²) in [6, 6.07) is 8.35. The van der Waals surface area contributed by atoms with Gasteiger partial charge in [0.2, 0.25) is 0 Å². The van der Waals surface area contributed by atoms with Crippen molar-refractivity contribution >= 4 is 5.69 Å². The minimum absolute atomic E-state index is 0.0535. The molecular formula is C15H19N3O. The molecule has 2 unspecified atom stereocenters. The Bertz CT molecular complexity index is 591. The third-order valence-corrected chi connectivity index (χ3v) is 4.06. The van der Waals surface area contributed by atoms with Gasteiger partial charge in [0.25, 0.3) is 0 Å². The fourth-order valence-corrected chi connectivity index (χ4v) is 2.72. The van der Waals surface area contributed by atoms with Gasteiger partial charge in [0.05, 0.1) is 12.2 Å². The van der Waals surface area contributed by atoms with E-state index in [1.807, 2.05) is 20.0 Å². The van der Waals surface area contributed by atoms with Crippen molar-refractivity contribution in [2.75, 3.05) is 5.32 Å². The molecule has 3 rings (SSSR count). The number of nitrogens with one attached hydrogen (secondary N) is 1. The van der Waals surface area contributed by atoms with Crippen LogP contribution in [0.25, 0.3) is 0 Å². The van der Waals surface area contributed by atoms with Crippen LogP contribution in [0, 0.1) is 6.92 Å². The molecule has 4 heteroatoms. The maximum atomic E-state index is 10.5. The van der Waals surface area contributed by atoms with Crippen molar-refractivity contribution in [3.63, 3.8) is 0 Å². The zero-order chi connectivity index (χ0) is 13.4. The molecule has 0 fully saturated rings. The lowest BCUT2D eigenvalue weighted by Crippen LogP contribution is -2.31. The number of rotatable bonds is 2. The van der Waals surface area contributed by atoms with E-state index < -0.39 is 6.10 Å². The highest BCUT2D eigenvalue weighted by atomic mass is 16.3. The lowest BCUT2D eigenvalue weighted by Gasteiger charge is -2.30. The van der Waals surface area contributed by atoms with E-state index in [1.54, 1.807) is 10.9 Å². The fraction of sp³-hybridized carbons (Fsp3) is 0.400. The van der Waals surface area contributed by atoms with Crippen LogP contribution in [-0.2, 0) is 13.5 Å². The first-order chi connectivity index (χ1) is 9.16. The molecule has 0 saturated heterocycles. The topological polar surface area (TPSA) is 50.1 Å². The van der Waals surface area contributed by atoms with Crippen molar-refractivity contribution < 1.29 is 5.11 Å². The van der Waals surface area contributed by atoms with Crippen LogP contribution in [0.4, 0.5) is 5.69 Å². The molecule has 2 atom stereocenters. The Morgan fingerprint density at radius 2 is 2.21 bits per heavy atom. The van der Waals surface area contributed by atoms with Crippen LogP contribution in [0.2, 0.25) is 0 Å². The first kappa shape index (κ1) is 12.2. The van der Waals surface area contributed by atoms with E-state index in [2.05, 4.69) is 28.6 Å². The molecule has 0 radical (unpaired) electrons. The maximum absolute atomic E-state index is 10.5. The van der Waals surface area contributed by atoms with Gasteiger partial charge in [0.15, 0.2) is 0 Å². The van der Waals surface area contributed by atoms with E-state index in [4.69, 9.17) is 0 Å². The van der Waals surface area contributed by atoms with Gasteiger partial charge < -0.3 is 10.4 Å². The summed E-state index contributed by atoms with van der Waals surface area (Å²) in [5.41, 5.74) is 4.40. The summed E-state index contributed by atoms with van der Waals surface area (Å²) >= 11 is 0. The number of aromatic nitrogens is 2. The molecule has 1 aliphatic heterocycles. The molecule has 0 aliphatic carbocycles. The van der Waals surface area contributed by atoms with Crippen LogP contribution in [0.15, 0.2) is 30.5 Å². The smallest absolute Gasteiger partial charge is 0.102 e. The molecule has 1 aliphatic rings. The first-order valence-corrected chi connectivity index (χ1v) is 6.68. The predicted octanol–water partition coefficient (Wildman–Crippen LogP) is 2.19. The van der Waals surface area contributed by atoms with Crippen LogP contribution in [0.1, 0.15) is 29.3 Å². The second kappa shape index (κ2) is 4.70. The molecule has 1 aromatic heterocycles. The Labute approximate surface area is 113 Å². The molecule has 2 aromatic rings. The molecule has 100 valence electrons. The summed E-state index contributed by atoms with van der Waals surface area (Å²) in [5.74, 6) is 0. The Morgan fingerprint density at radius 3 is 2.95 bits per heavy atom. The Kier molecular flexibility index (Phi) is 3.03. The molecule has 0 amide bonds. The third kappa shape index (κ3) is 2.12. The van der Waals surface area contributed by atoms with E-state index in [0.717, 1.165) is 29.8 Å². The van der Waals surface area contributed by atoms with Gasteiger partial charge in [-0.3, -0.25) is 4.68 Å². The zero-order valence-corrected chi connectivity index (χ0v) is 11.3. The van der Waals surface area contributed by atoms with Gasteiger partial charge in [-0.2, -0.15) is 5.10 Å². The normalized spacial score (nSPS) is 19.6. The van der Waals surface area contributed by atoms with Gasteiger partial charge in [-0.05, 0) is 31.4 Å².